The molecule has 1 atom stereocenters. The van der Waals surface area contributed by atoms with Crippen molar-refractivity contribution in [2.75, 3.05) is 32.9 Å². The van der Waals surface area contributed by atoms with Gasteiger partial charge in [-0.15, -0.1) is 0 Å². The molecule has 2 aromatic rings. The van der Waals surface area contributed by atoms with E-state index in [1.54, 1.807) is 29.6 Å². The van der Waals surface area contributed by atoms with Crippen molar-refractivity contribution in [2.24, 2.45) is 11.3 Å². The predicted octanol–water partition coefficient (Wildman–Crippen LogP) is 2.35. The van der Waals surface area contributed by atoms with Gasteiger partial charge in [-0.1, -0.05) is 0 Å². The van der Waals surface area contributed by atoms with Gasteiger partial charge >= 0.3 is 0 Å². The lowest BCUT2D eigenvalue weighted by atomic mass is 9.66. The molecule has 2 aromatic heterocycles. The Morgan fingerprint density at radius 3 is 2.86 bits per heavy atom. The Morgan fingerprint density at radius 1 is 1.25 bits per heavy atom. The summed E-state index contributed by atoms with van der Waals surface area (Å²) in [7, 11) is 0. The van der Waals surface area contributed by atoms with E-state index in [2.05, 4.69) is 15.0 Å². The lowest BCUT2D eigenvalue weighted by Gasteiger charge is -2.48. The molecule has 7 nitrogen and oxygen atoms in total. The first-order chi connectivity index (χ1) is 13.7. The zero-order chi connectivity index (χ0) is 19.4. The summed E-state index contributed by atoms with van der Waals surface area (Å²) < 4.78 is 24.9. The fourth-order valence-electron chi connectivity index (χ4n) is 4.18. The number of ether oxygens (including phenoxy) is 2. The molecule has 148 valence electrons. The van der Waals surface area contributed by atoms with E-state index in [0.717, 1.165) is 25.9 Å². The van der Waals surface area contributed by atoms with Crippen LogP contribution in [0.15, 0.2) is 36.9 Å². The van der Waals surface area contributed by atoms with E-state index in [1.165, 1.54) is 12.3 Å². The molecule has 8 heteroatoms. The average Bonchev–Trinajstić information content (AvgIpc) is 2.74. The number of carbonyl (C=O) groups is 1. The second-order valence-electron chi connectivity index (χ2n) is 7.40. The van der Waals surface area contributed by atoms with Crippen LogP contribution in [0.2, 0.25) is 0 Å². The molecule has 4 rings (SSSR count). The first-order valence-electron chi connectivity index (χ1n) is 9.54. The number of pyridine rings is 1. The standard InChI is InChI=1S/C20H23FN4O3/c21-17-11-15(1-5-23-17)19(26)25-8-2-20(3-9-25)4-10-27-13-16(20)14-28-18-12-22-6-7-24-18/h1,5-7,11-12,16H,2-4,8-10,13-14H2. The number of halogens is 1. The summed E-state index contributed by atoms with van der Waals surface area (Å²) in [5.74, 6) is -0.0324. The summed E-state index contributed by atoms with van der Waals surface area (Å²) in [5, 5.41) is 0. The van der Waals surface area contributed by atoms with Gasteiger partial charge in [-0.25, -0.2) is 9.97 Å². The number of nitrogens with zero attached hydrogens (tertiary/aromatic N) is 4. The van der Waals surface area contributed by atoms with Gasteiger partial charge in [0.1, 0.15) is 0 Å². The second-order valence-corrected chi connectivity index (χ2v) is 7.40. The van der Waals surface area contributed by atoms with Crippen LogP contribution in [0.3, 0.4) is 0 Å². The Morgan fingerprint density at radius 2 is 2.11 bits per heavy atom. The molecule has 1 amide bonds. The van der Waals surface area contributed by atoms with Crippen LogP contribution in [0.25, 0.3) is 0 Å². The molecular formula is C20H23FN4O3. The normalized spacial score (nSPS) is 21.5. The largest absolute Gasteiger partial charge is 0.476 e. The van der Waals surface area contributed by atoms with Crippen molar-refractivity contribution in [1.29, 1.82) is 0 Å². The maximum Gasteiger partial charge on any atom is 0.254 e. The second kappa shape index (κ2) is 8.18. The van der Waals surface area contributed by atoms with Crippen molar-refractivity contribution in [3.8, 4) is 5.88 Å². The van der Waals surface area contributed by atoms with Crippen LogP contribution in [0, 0.1) is 17.3 Å². The Kier molecular flexibility index (Phi) is 5.47. The molecule has 0 N–H and O–H groups in total. The van der Waals surface area contributed by atoms with Gasteiger partial charge in [0, 0.05) is 55.8 Å². The van der Waals surface area contributed by atoms with Crippen molar-refractivity contribution >= 4 is 5.91 Å². The molecule has 2 saturated heterocycles. The number of carbonyl (C=O) groups excluding carboxylic acids is 1. The van der Waals surface area contributed by atoms with Crippen LogP contribution in [0.1, 0.15) is 29.6 Å². The van der Waals surface area contributed by atoms with Gasteiger partial charge in [0.05, 0.1) is 19.4 Å². The van der Waals surface area contributed by atoms with Crippen molar-refractivity contribution in [1.82, 2.24) is 19.9 Å². The van der Waals surface area contributed by atoms with Crippen molar-refractivity contribution in [3.05, 3.63) is 48.4 Å². The van der Waals surface area contributed by atoms with Crippen LogP contribution < -0.4 is 4.74 Å². The molecule has 1 unspecified atom stereocenters. The molecule has 2 aliphatic heterocycles. The maximum absolute atomic E-state index is 13.3. The molecule has 1 spiro atoms. The molecule has 0 radical (unpaired) electrons. The van der Waals surface area contributed by atoms with Crippen LogP contribution in [-0.4, -0.2) is 58.7 Å². The highest BCUT2D eigenvalue weighted by atomic mass is 19.1. The lowest BCUT2D eigenvalue weighted by Crippen LogP contribution is -2.51. The highest BCUT2D eigenvalue weighted by molar-refractivity contribution is 5.94. The molecule has 0 bridgehead atoms. The number of piperidine rings is 1. The zero-order valence-electron chi connectivity index (χ0n) is 15.6. The molecule has 0 saturated carbocycles. The molecule has 4 heterocycles. The highest BCUT2D eigenvalue weighted by Crippen LogP contribution is 2.45. The van der Waals surface area contributed by atoms with Crippen molar-refractivity contribution in [2.45, 2.75) is 19.3 Å². The van der Waals surface area contributed by atoms with Crippen LogP contribution in [0.4, 0.5) is 4.39 Å². The number of amides is 1. The summed E-state index contributed by atoms with van der Waals surface area (Å²) in [6.07, 6.45) is 8.85. The first kappa shape index (κ1) is 18.7. The van der Waals surface area contributed by atoms with E-state index in [1.807, 2.05) is 0 Å². The van der Waals surface area contributed by atoms with Gasteiger partial charge in [0.25, 0.3) is 5.91 Å². The highest BCUT2D eigenvalue weighted by Gasteiger charge is 2.44. The van der Waals surface area contributed by atoms with Crippen LogP contribution >= 0.6 is 0 Å². The van der Waals surface area contributed by atoms with Crippen molar-refractivity contribution in [3.63, 3.8) is 0 Å². The van der Waals surface area contributed by atoms with Gasteiger partial charge in [-0.2, -0.15) is 4.39 Å². The Bertz CT molecular complexity index is 812. The van der Waals surface area contributed by atoms with E-state index >= 15 is 0 Å². The van der Waals surface area contributed by atoms with Gasteiger partial charge in [-0.3, -0.25) is 9.78 Å². The fraction of sp³-hybridized carbons (Fsp3) is 0.500. The summed E-state index contributed by atoms with van der Waals surface area (Å²) in [5.41, 5.74) is 0.429. The summed E-state index contributed by atoms with van der Waals surface area (Å²) in [4.78, 5) is 26.2. The summed E-state index contributed by atoms with van der Waals surface area (Å²) in [6, 6.07) is 2.75. The molecule has 2 aliphatic rings. The molecule has 2 fully saturated rings. The average molecular weight is 386 g/mol. The minimum Gasteiger partial charge on any atom is -0.476 e. The van der Waals surface area contributed by atoms with E-state index in [0.29, 0.717) is 37.7 Å². The molecule has 28 heavy (non-hydrogen) atoms. The third-order valence-electron chi connectivity index (χ3n) is 5.92. The Balaban J connectivity index is 1.40. The van der Waals surface area contributed by atoms with Crippen molar-refractivity contribution < 1.29 is 18.7 Å². The topological polar surface area (TPSA) is 77.4 Å². The van der Waals surface area contributed by atoms with Crippen LogP contribution in [0.5, 0.6) is 5.88 Å². The lowest BCUT2D eigenvalue weighted by molar-refractivity contribution is -0.0826. The number of hydrogen-bond donors (Lipinski definition) is 0. The van der Waals surface area contributed by atoms with E-state index in [4.69, 9.17) is 9.47 Å². The van der Waals surface area contributed by atoms with Gasteiger partial charge in [0.15, 0.2) is 0 Å². The third-order valence-corrected chi connectivity index (χ3v) is 5.92. The smallest absolute Gasteiger partial charge is 0.254 e. The Hall–Kier alpha value is -2.61. The minimum absolute atomic E-state index is 0.0841. The Labute approximate surface area is 162 Å². The maximum atomic E-state index is 13.3. The fourth-order valence-corrected chi connectivity index (χ4v) is 4.18. The third kappa shape index (κ3) is 3.96. The SMILES string of the molecule is O=C(c1ccnc(F)c1)N1CCC2(CCOCC2COc2cnccn2)CC1. The number of aromatic nitrogens is 3. The molecule has 0 aliphatic carbocycles. The zero-order valence-corrected chi connectivity index (χ0v) is 15.6. The number of rotatable bonds is 4. The molecular weight excluding hydrogens is 363 g/mol. The van der Waals surface area contributed by atoms with E-state index < -0.39 is 5.95 Å². The van der Waals surface area contributed by atoms with Gasteiger partial charge < -0.3 is 14.4 Å². The van der Waals surface area contributed by atoms with E-state index in [-0.39, 0.29) is 17.2 Å². The predicted molar refractivity (Wildman–Crippen MR) is 98.2 cm³/mol. The van der Waals surface area contributed by atoms with Crippen LogP contribution in [-0.2, 0) is 4.74 Å². The monoisotopic (exact) mass is 386 g/mol. The minimum atomic E-state index is -0.634. The number of likely N-dealkylation sites (tertiary alicyclic amines) is 1. The quantitative estimate of drug-likeness (QED) is 0.751. The van der Waals surface area contributed by atoms with Gasteiger partial charge in [-0.05, 0) is 30.7 Å². The summed E-state index contributed by atoms with van der Waals surface area (Å²) >= 11 is 0. The first-order valence-corrected chi connectivity index (χ1v) is 9.54. The summed E-state index contributed by atoms with van der Waals surface area (Å²) in [6.45, 7) is 3.17. The molecule has 0 aromatic carbocycles. The van der Waals surface area contributed by atoms with Gasteiger partial charge in [0.2, 0.25) is 11.8 Å². The van der Waals surface area contributed by atoms with E-state index in [9.17, 15) is 9.18 Å². The number of hydrogen-bond acceptors (Lipinski definition) is 6.